The summed E-state index contributed by atoms with van der Waals surface area (Å²) in [5.74, 6) is -2.34. The molecule has 0 aliphatic heterocycles. The average molecular weight is 456 g/mol. The van der Waals surface area contributed by atoms with Gasteiger partial charge in [0, 0.05) is 11.1 Å². The van der Waals surface area contributed by atoms with Crippen LogP contribution in [0.5, 0.6) is 0 Å². The van der Waals surface area contributed by atoms with Crippen LogP contribution in [0.4, 0.5) is 0 Å². The van der Waals surface area contributed by atoms with Gasteiger partial charge in [0.15, 0.2) is 0 Å². The number of hydrogen-bond acceptors (Lipinski definition) is 8. The van der Waals surface area contributed by atoms with Crippen LogP contribution >= 0.6 is 0 Å². The summed E-state index contributed by atoms with van der Waals surface area (Å²) >= 11 is 0. The molecule has 0 spiro atoms. The molecule has 9 nitrogen and oxygen atoms in total. The van der Waals surface area contributed by atoms with Gasteiger partial charge in [-0.1, -0.05) is 32.9 Å². The van der Waals surface area contributed by atoms with Crippen LogP contribution in [0.25, 0.3) is 0 Å². The molecule has 0 aromatic heterocycles. The van der Waals surface area contributed by atoms with E-state index in [1.165, 1.54) is 13.8 Å². The van der Waals surface area contributed by atoms with Crippen LogP contribution in [0.15, 0.2) is 24.3 Å². The van der Waals surface area contributed by atoms with E-state index in [4.69, 9.17) is 18.8 Å². The summed E-state index contributed by atoms with van der Waals surface area (Å²) in [6.45, 7) is 11.0. The first-order valence-electron chi connectivity index (χ1n) is 9.62. The van der Waals surface area contributed by atoms with Gasteiger partial charge in [0.2, 0.25) is 0 Å². The zero-order valence-electron chi connectivity index (χ0n) is 17.9. The number of carbonyl (C=O) groups excluding carboxylic acids is 3. The minimum absolute atomic E-state index is 0. The summed E-state index contributed by atoms with van der Waals surface area (Å²) in [6.07, 6.45) is 2.11. The van der Waals surface area contributed by atoms with Crippen molar-refractivity contribution in [2.75, 3.05) is 25.6 Å². The maximum absolute atomic E-state index is 12.7. The molecule has 174 valence electrons. The Morgan fingerprint density at radius 2 is 1.32 bits per heavy atom. The van der Waals surface area contributed by atoms with Crippen molar-refractivity contribution in [2.24, 2.45) is 5.41 Å². The molecule has 0 aliphatic rings. The minimum atomic E-state index is -3.97. The summed E-state index contributed by atoms with van der Waals surface area (Å²) in [4.78, 5) is 36.2. The fourth-order valence-corrected chi connectivity index (χ4v) is 2.79. The summed E-state index contributed by atoms with van der Waals surface area (Å²) in [5.41, 5.74) is -1.05. The molecule has 31 heavy (non-hydrogen) atoms. The average Bonchev–Trinajstić information content (AvgIpc) is 2.65. The van der Waals surface area contributed by atoms with Crippen LogP contribution in [0, 0.1) is 5.41 Å². The molecule has 0 aromatic rings. The van der Waals surface area contributed by atoms with Gasteiger partial charge in [-0.05, 0) is 33.1 Å². The van der Waals surface area contributed by atoms with Crippen LogP contribution in [-0.4, -0.2) is 75.3 Å². The molecule has 0 saturated heterocycles. The third-order valence-corrected chi connectivity index (χ3v) is 5.10. The van der Waals surface area contributed by atoms with Gasteiger partial charge in [-0.2, -0.15) is 8.42 Å². The Kier molecular flexibility index (Phi) is 15.5. The number of rotatable bonds is 15. The van der Waals surface area contributed by atoms with E-state index >= 15 is 0 Å². The second kappa shape index (κ2) is 15.2. The number of ether oxygens (including phenoxy) is 3. The Balaban J connectivity index is 0. The quantitative estimate of drug-likeness (QED) is 0.0980. The molecule has 0 saturated carbocycles. The van der Waals surface area contributed by atoms with Crippen LogP contribution in [-0.2, 0) is 38.7 Å². The van der Waals surface area contributed by atoms with Crippen molar-refractivity contribution in [3.05, 3.63) is 24.3 Å². The SMILES string of the molecule is C=C(C)C(=O)OCC(CC)(COC(=O)C(=C)C)C(=O)OCCCCCCS(=O)(=O)O.[LiH]. The Labute approximate surface area is 196 Å². The fourth-order valence-electron chi connectivity index (χ4n) is 2.22. The van der Waals surface area contributed by atoms with E-state index < -0.39 is 33.4 Å². The number of carbonyl (C=O) groups is 3. The van der Waals surface area contributed by atoms with Gasteiger partial charge in [0.1, 0.15) is 18.6 Å². The first kappa shape index (κ1) is 31.6. The van der Waals surface area contributed by atoms with Gasteiger partial charge in [-0.3, -0.25) is 9.35 Å². The van der Waals surface area contributed by atoms with Crippen molar-refractivity contribution < 1.29 is 41.6 Å². The molecule has 0 aliphatic carbocycles. The van der Waals surface area contributed by atoms with Gasteiger partial charge in [0.05, 0.1) is 12.4 Å². The van der Waals surface area contributed by atoms with Crippen LogP contribution in [0.1, 0.15) is 52.9 Å². The van der Waals surface area contributed by atoms with Gasteiger partial charge in [-0.15, -0.1) is 0 Å². The molecule has 11 heteroatoms. The predicted molar refractivity (Wildman–Crippen MR) is 117 cm³/mol. The van der Waals surface area contributed by atoms with Crippen LogP contribution in [0.3, 0.4) is 0 Å². The van der Waals surface area contributed by atoms with E-state index in [0.29, 0.717) is 25.7 Å². The van der Waals surface area contributed by atoms with Crippen molar-refractivity contribution in [1.82, 2.24) is 0 Å². The molecule has 1 N–H and O–H groups in total. The van der Waals surface area contributed by atoms with E-state index in [2.05, 4.69) is 13.2 Å². The normalized spacial score (nSPS) is 11.1. The van der Waals surface area contributed by atoms with E-state index in [0.717, 1.165) is 0 Å². The summed E-state index contributed by atoms with van der Waals surface area (Å²) in [6, 6.07) is 0. The molecule has 0 bridgehead atoms. The molecule has 0 atom stereocenters. The van der Waals surface area contributed by atoms with E-state index in [1.807, 2.05) is 0 Å². The van der Waals surface area contributed by atoms with Crippen molar-refractivity contribution in [1.29, 1.82) is 0 Å². The summed E-state index contributed by atoms with van der Waals surface area (Å²) < 4.78 is 45.6. The van der Waals surface area contributed by atoms with Crippen molar-refractivity contribution in [3.8, 4) is 0 Å². The Hall–Kier alpha value is -1.60. The first-order valence-corrected chi connectivity index (χ1v) is 11.2. The Bertz CT molecular complexity index is 714. The van der Waals surface area contributed by atoms with E-state index in [-0.39, 0.29) is 62.0 Å². The van der Waals surface area contributed by atoms with Crippen molar-refractivity contribution in [3.63, 3.8) is 0 Å². The molecule has 0 aromatic carbocycles. The third-order valence-electron chi connectivity index (χ3n) is 4.30. The second-order valence-electron chi connectivity index (χ2n) is 7.18. The molecule has 0 rings (SSSR count). The molecular formula is C20H33LiO9S. The molecule has 0 heterocycles. The van der Waals surface area contributed by atoms with Crippen LogP contribution < -0.4 is 0 Å². The molecular weight excluding hydrogens is 423 g/mol. The number of hydrogen-bond donors (Lipinski definition) is 1. The standard InChI is InChI=1S/C20H32O9S.Li.H/c1-6-20(13-28-17(21)15(2)3,14-29-18(22)16(4)5)19(23)27-11-9-7-8-10-12-30(24,25)26;;/h2,4,6-14H2,1,3,5H3,(H,24,25,26);;. The van der Waals surface area contributed by atoms with Crippen molar-refractivity contribution in [2.45, 2.75) is 52.9 Å². The van der Waals surface area contributed by atoms with Gasteiger partial charge in [-0.25, -0.2) is 9.59 Å². The van der Waals surface area contributed by atoms with E-state index in [1.54, 1.807) is 6.92 Å². The zero-order valence-corrected chi connectivity index (χ0v) is 18.7. The predicted octanol–water partition coefficient (Wildman–Crippen LogP) is 1.96. The fraction of sp³-hybridized carbons (Fsp3) is 0.650. The Morgan fingerprint density at radius 1 is 0.871 bits per heavy atom. The number of esters is 3. The first-order chi connectivity index (χ1) is 13.8. The van der Waals surface area contributed by atoms with Crippen LogP contribution in [0.2, 0.25) is 0 Å². The monoisotopic (exact) mass is 456 g/mol. The molecule has 0 radical (unpaired) electrons. The topological polar surface area (TPSA) is 133 Å². The number of unbranched alkanes of at least 4 members (excludes halogenated alkanes) is 3. The molecule has 0 unspecified atom stereocenters. The van der Waals surface area contributed by atoms with Gasteiger partial charge in [0.25, 0.3) is 10.1 Å². The molecule has 0 fully saturated rings. The summed E-state index contributed by atoms with van der Waals surface area (Å²) in [5, 5.41) is 0. The zero-order chi connectivity index (χ0) is 23.4. The Morgan fingerprint density at radius 3 is 1.71 bits per heavy atom. The molecule has 0 amide bonds. The van der Waals surface area contributed by atoms with Gasteiger partial charge < -0.3 is 14.2 Å². The third kappa shape index (κ3) is 13.4. The van der Waals surface area contributed by atoms with E-state index in [9.17, 15) is 22.8 Å². The van der Waals surface area contributed by atoms with Gasteiger partial charge >= 0.3 is 36.8 Å². The maximum atomic E-state index is 12.7. The van der Waals surface area contributed by atoms with Crippen molar-refractivity contribution >= 4 is 46.9 Å². The summed E-state index contributed by atoms with van der Waals surface area (Å²) in [7, 11) is -3.97. The second-order valence-corrected chi connectivity index (χ2v) is 8.76.